The Hall–Kier alpha value is -0.430. The molecule has 13 heavy (non-hydrogen) atoms. The van der Waals surface area contributed by atoms with Gasteiger partial charge in [-0.3, -0.25) is 0 Å². The summed E-state index contributed by atoms with van der Waals surface area (Å²) < 4.78 is 0. The first-order valence-electron chi connectivity index (χ1n) is 5.10. The third kappa shape index (κ3) is 2.28. The number of rotatable bonds is 4. The van der Waals surface area contributed by atoms with E-state index in [1.807, 2.05) is 0 Å². The van der Waals surface area contributed by atoms with Crippen molar-refractivity contribution < 1.29 is 0 Å². The van der Waals surface area contributed by atoms with E-state index in [0.29, 0.717) is 0 Å². The third-order valence-corrected chi connectivity index (χ3v) is 2.99. The standard InChI is InChI=1S/C12H16S/c13-9-3-5-10-4-1-2-6-12(10)11-7-8-11/h1-2,4,6,11,13H,3,5,7-9H2. The molecule has 0 radical (unpaired) electrons. The molecule has 0 heterocycles. The van der Waals surface area contributed by atoms with Gasteiger partial charge in [0.15, 0.2) is 0 Å². The van der Waals surface area contributed by atoms with E-state index in [0.717, 1.165) is 11.7 Å². The minimum atomic E-state index is 0.885. The fraction of sp³-hybridized carbons (Fsp3) is 0.500. The lowest BCUT2D eigenvalue weighted by molar-refractivity contribution is 0.908. The van der Waals surface area contributed by atoms with Crippen LogP contribution in [0.15, 0.2) is 24.3 Å². The van der Waals surface area contributed by atoms with Crippen molar-refractivity contribution in [1.29, 1.82) is 0 Å². The second-order valence-electron chi connectivity index (χ2n) is 3.80. The van der Waals surface area contributed by atoms with Gasteiger partial charge in [0.25, 0.3) is 0 Å². The smallest absolute Gasteiger partial charge is 0.00947 e. The van der Waals surface area contributed by atoms with Gasteiger partial charge in [0, 0.05) is 0 Å². The van der Waals surface area contributed by atoms with Crippen molar-refractivity contribution in [2.75, 3.05) is 5.75 Å². The van der Waals surface area contributed by atoms with Crippen LogP contribution in [-0.2, 0) is 6.42 Å². The maximum atomic E-state index is 4.25. The zero-order valence-electron chi connectivity index (χ0n) is 7.87. The highest BCUT2D eigenvalue weighted by Gasteiger charge is 2.25. The summed E-state index contributed by atoms with van der Waals surface area (Å²) in [5, 5.41) is 0. The molecule has 0 nitrogen and oxygen atoms in total. The fourth-order valence-corrected chi connectivity index (χ4v) is 1.98. The van der Waals surface area contributed by atoms with Crippen LogP contribution in [0.1, 0.15) is 36.3 Å². The van der Waals surface area contributed by atoms with E-state index in [1.54, 1.807) is 11.1 Å². The minimum absolute atomic E-state index is 0.885. The maximum absolute atomic E-state index is 4.25. The molecule has 0 N–H and O–H groups in total. The zero-order chi connectivity index (χ0) is 9.10. The summed E-state index contributed by atoms with van der Waals surface area (Å²) in [6.45, 7) is 0. The quantitative estimate of drug-likeness (QED) is 0.694. The lowest BCUT2D eigenvalue weighted by atomic mass is 10.00. The Morgan fingerprint density at radius 1 is 1.23 bits per heavy atom. The van der Waals surface area contributed by atoms with Gasteiger partial charge >= 0.3 is 0 Å². The molecule has 1 aromatic rings. The summed E-state index contributed by atoms with van der Waals surface area (Å²) in [6.07, 6.45) is 5.21. The second kappa shape index (κ2) is 4.19. The van der Waals surface area contributed by atoms with Crippen molar-refractivity contribution in [2.24, 2.45) is 0 Å². The van der Waals surface area contributed by atoms with Gasteiger partial charge in [0.1, 0.15) is 0 Å². The molecule has 0 saturated heterocycles. The van der Waals surface area contributed by atoms with Gasteiger partial charge < -0.3 is 0 Å². The molecule has 1 aliphatic rings. The lowest BCUT2D eigenvalue weighted by Crippen LogP contribution is -1.92. The molecular weight excluding hydrogens is 176 g/mol. The summed E-state index contributed by atoms with van der Waals surface area (Å²) in [4.78, 5) is 0. The summed E-state index contributed by atoms with van der Waals surface area (Å²) in [7, 11) is 0. The predicted octanol–water partition coefficient (Wildman–Crippen LogP) is 3.43. The van der Waals surface area contributed by atoms with Gasteiger partial charge in [-0.2, -0.15) is 12.6 Å². The van der Waals surface area contributed by atoms with Gasteiger partial charge in [-0.15, -0.1) is 0 Å². The van der Waals surface area contributed by atoms with E-state index in [9.17, 15) is 0 Å². The van der Waals surface area contributed by atoms with Gasteiger partial charge in [-0.25, -0.2) is 0 Å². The van der Waals surface area contributed by atoms with Crippen LogP contribution in [-0.4, -0.2) is 5.75 Å². The Kier molecular flexibility index (Phi) is 2.94. The molecule has 0 aliphatic heterocycles. The van der Waals surface area contributed by atoms with E-state index in [2.05, 4.69) is 36.9 Å². The van der Waals surface area contributed by atoms with Crippen molar-refractivity contribution in [1.82, 2.24) is 0 Å². The fourth-order valence-electron chi connectivity index (χ4n) is 1.82. The molecule has 1 saturated carbocycles. The molecule has 1 heteroatoms. The molecule has 0 unspecified atom stereocenters. The molecule has 70 valence electrons. The van der Waals surface area contributed by atoms with E-state index in [-0.39, 0.29) is 0 Å². The van der Waals surface area contributed by atoms with Crippen molar-refractivity contribution in [3.8, 4) is 0 Å². The number of hydrogen-bond acceptors (Lipinski definition) is 1. The summed E-state index contributed by atoms with van der Waals surface area (Å²) in [5.41, 5.74) is 3.16. The van der Waals surface area contributed by atoms with Crippen LogP contribution in [0.3, 0.4) is 0 Å². The summed E-state index contributed by atoms with van der Waals surface area (Å²) >= 11 is 4.25. The molecule has 0 aromatic heterocycles. The molecule has 0 spiro atoms. The number of aryl methyl sites for hydroxylation is 1. The first kappa shape index (κ1) is 9.14. The highest BCUT2D eigenvalue weighted by molar-refractivity contribution is 7.80. The predicted molar refractivity (Wildman–Crippen MR) is 60.6 cm³/mol. The number of thiol groups is 1. The average molecular weight is 192 g/mol. The van der Waals surface area contributed by atoms with Gasteiger partial charge in [0.05, 0.1) is 0 Å². The molecule has 1 fully saturated rings. The van der Waals surface area contributed by atoms with Crippen LogP contribution in [0.4, 0.5) is 0 Å². The van der Waals surface area contributed by atoms with Crippen LogP contribution < -0.4 is 0 Å². The largest absolute Gasteiger partial charge is 0.179 e. The molecule has 1 aliphatic carbocycles. The van der Waals surface area contributed by atoms with Gasteiger partial charge in [-0.1, -0.05) is 24.3 Å². The minimum Gasteiger partial charge on any atom is -0.179 e. The van der Waals surface area contributed by atoms with Crippen LogP contribution in [0, 0.1) is 0 Å². The van der Waals surface area contributed by atoms with Gasteiger partial charge in [0.2, 0.25) is 0 Å². The van der Waals surface area contributed by atoms with E-state index < -0.39 is 0 Å². The van der Waals surface area contributed by atoms with E-state index in [4.69, 9.17) is 0 Å². The van der Waals surface area contributed by atoms with Crippen molar-refractivity contribution in [2.45, 2.75) is 31.6 Å². The average Bonchev–Trinajstić information content (AvgIpc) is 2.98. The molecular formula is C12H16S. The summed E-state index contributed by atoms with van der Waals surface area (Å²) in [6, 6.07) is 8.89. The van der Waals surface area contributed by atoms with Crippen LogP contribution in [0.2, 0.25) is 0 Å². The SMILES string of the molecule is SCCCc1ccccc1C1CC1. The van der Waals surface area contributed by atoms with Crippen LogP contribution in [0.25, 0.3) is 0 Å². The lowest BCUT2D eigenvalue weighted by Gasteiger charge is -2.06. The third-order valence-electron chi connectivity index (χ3n) is 2.68. The zero-order valence-corrected chi connectivity index (χ0v) is 8.76. The monoisotopic (exact) mass is 192 g/mol. The Balaban J connectivity index is 2.12. The second-order valence-corrected chi connectivity index (χ2v) is 4.25. The molecule has 1 aromatic carbocycles. The van der Waals surface area contributed by atoms with Crippen LogP contribution >= 0.6 is 12.6 Å². The molecule has 0 atom stereocenters. The Labute approximate surface area is 85.8 Å². The number of benzene rings is 1. The van der Waals surface area contributed by atoms with E-state index in [1.165, 1.54) is 25.7 Å². The maximum Gasteiger partial charge on any atom is -0.00947 e. The van der Waals surface area contributed by atoms with Crippen molar-refractivity contribution >= 4 is 12.6 Å². The highest BCUT2D eigenvalue weighted by atomic mass is 32.1. The topological polar surface area (TPSA) is 0 Å². The van der Waals surface area contributed by atoms with Gasteiger partial charge in [-0.05, 0) is 48.5 Å². The Morgan fingerprint density at radius 2 is 2.00 bits per heavy atom. The van der Waals surface area contributed by atoms with E-state index >= 15 is 0 Å². The first-order chi connectivity index (χ1) is 6.42. The highest BCUT2D eigenvalue weighted by Crippen LogP contribution is 2.41. The number of hydrogen-bond donors (Lipinski definition) is 1. The van der Waals surface area contributed by atoms with Crippen molar-refractivity contribution in [3.63, 3.8) is 0 Å². The first-order valence-corrected chi connectivity index (χ1v) is 5.73. The Morgan fingerprint density at radius 3 is 2.69 bits per heavy atom. The molecule has 0 amide bonds. The normalized spacial score (nSPS) is 16.1. The summed E-state index contributed by atoms with van der Waals surface area (Å²) in [5.74, 6) is 1.88. The Bertz CT molecular complexity index is 276. The van der Waals surface area contributed by atoms with Crippen molar-refractivity contribution in [3.05, 3.63) is 35.4 Å². The molecule has 0 bridgehead atoms. The molecule has 2 rings (SSSR count). The van der Waals surface area contributed by atoms with Crippen LogP contribution in [0.5, 0.6) is 0 Å².